The first kappa shape index (κ1) is 25.8. The molecular weight excluding hydrogens is 516 g/mol. The molecule has 5 aromatic carbocycles. The van der Waals surface area contributed by atoms with E-state index in [1.165, 1.54) is 0 Å². The van der Waals surface area contributed by atoms with E-state index in [0.717, 1.165) is 5.56 Å². The monoisotopic (exact) mass is 540 g/mol. The van der Waals surface area contributed by atoms with Gasteiger partial charge in [0.2, 0.25) is 0 Å². The number of carbonyl (C=O) groups is 3. The van der Waals surface area contributed by atoms with Crippen molar-refractivity contribution in [1.82, 2.24) is 0 Å². The van der Waals surface area contributed by atoms with Gasteiger partial charge in [-0.3, -0.25) is 4.79 Å². The molecule has 0 N–H and O–H groups in total. The molecule has 200 valence electrons. The van der Waals surface area contributed by atoms with Gasteiger partial charge in [-0.05, 0) is 25.1 Å². The maximum atomic E-state index is 13.3. The van der Waals surface area contributed by atoms with Crippen LogP contribution in [0.15, 0.2) is 120 Å². The summed E-state index contributed by atoms with van der Waals surface area (Å²) in [6, 6.07) is 33.6. The highest BCUT2D eigenvalue weighted by Crippen LogP contribution is 2.41. The summed E-state index contributed by atoms with van der Waals surface area (Å²) in [5.74, 6) is -0.614. The van der Waals surface area contributed by atoms with Gasteiger partial charge in [0.1, 0.15) is 22.7 Å². The summed E-state index contributed by atoms with van der Waals surface area (Å²) < 4.78 is 17.6. The second-order valence-electron chi connectivity index (χ2n) is 9.35. The third-order valence-corrected chi connectivity index (χ3v) is 6.79. The Balaban J connectivity index is 1.41. The van der Waals surface area contributed by atoms with E-state index in [1.54, 1.807) is 61.5 Å². The summed E-state index contributed by atoms with van der Waals surface area (Å²) in [6.07, 6.45) is 0. The van der Waals surface area contributed by atoms with E-state index < -0.39 is 11.9 Å². The molecular formula is C35H24O6. The Bertz CT molecular complexity index is 1900. The van der Waals surface area contributed by atoms with Crippen LogP contribution < -0.4 is 4.74 Å². The Hall–Kier alpha value is -5.49. The highest BCUT2D eigenvalue weighted by atomic mass is 16.5. The van der Waals surface area contributed by atoms with Gasteiger partial charge in [-0.25, -0.2) is 9.59 Å². The Morgan fingerprint density at radius 2 is 1.22 bits per heavy atom. The molecule has 0 aliphatic carbocycles. The first-order valence-corrected chi connectivity index (χ1v) is 13.2. The average Bonchev–Trinajstić information content (AvgIpc) is 3.41. The van der Waals surface area contributed by atoms with Crippen LogP contribution in [0.3, 0.4) is 0 Å². The van der Waals surface area contributed by atoms with Crippen LogP contribution in [0.1, 0.15) is 43.6 Å². The Labute approximate surface area is 235 Å². The number of fused-ring (bicyclic) bond motifs is 3. The van der Waals surface area contributed by atoms with Gasteiger partial charge in [0.05, 0.1) is 12.2 Å². The number of hydrogen-bond donors (Lipinski definition) is 0. The molecule has 1 aromatic heterocycles. The lowest BCUT2D eigenvalue weighted by Crippen LogP contribution is -2.10. The van der Waals surface area contributed by atoms with E-state index in [4.69, 9.17) is 13.9 Å². The van der Waals surface area contributed by atoms with Crippen molar-refractivity contribution >= 4 is 39.5 Å². The molecule has 0 bridgehead atoms. The zero-order valence-electron chi connectivity index (χ0n) is 22.1. The van der Waals surface area contributed by atoms with Crippen LogP contribution in [0.25, 0.3) is 33.1 Å². The minimum Gasteiger partial charge on any atom is -0.462 e. The number of rotatable bonds is 7. The van der Waals surface area contributed by atoms with Crippen molar-refractivity contribution in [1.29, 1.82) is 0 Å². The largest absolute Gasteiger partial charge is 0.462 e. The zero-order valence-corrected chi connectivity index (χ0v) is 22.1. The Morgan fingerprint density at radius 3 is 1.90 bits per heavy atom. The van der Waals surface area contributed by atoms with Crippen LogP contribution in [0.5, 0.6) is 5.75 Å². The summed E-state index contributed by atoms with van der Waals surface area (Å²) >= 11 is 0. The summed E-state index contributed by atoms with van der Waals surface area (Å²) in [7, 11) is 0. The molecule has 0 aliphatic heterocycles. The van der Waals surface area contributed by atoms with Crippen LogP contribution in [-0.2, 0) is 4.74 Å². The van der Waals surface area contributed by atoms with Crippen molar-refractivity contribution in [3.05, 3.63) is 138 Å². The third kappa shape index (κ3) is 4.87. The van der Waals surface area contributed by atoms with Crippen LogP contribution in [0.2, 0.25) is 0 Å². The van der Waals surface area contributed by atoms with E-state index in [-0.39, 0.29) is 29.3 Å². The number of ketones is 1. The van der Waals surface area contributed by atoms with Gasteiger partial charge in [0.15, 0.2) is 5.78 Å². The minimum atomic E-state index is -0.599. The number of esters is 2. The second-order valence-corrected chi connectivity index (χ2v) is 9.35. The van der Waals surface area contributed by atoms with Gasteiger partial charge < -0.3 is 13.9 Å². The fraction of sp³-hybridized carbons (Fsp3) is 0.0571. The van der Waals surface area contributed by atoms with Crippen molar-refractivity contribution in [2.75, 3.05) is 6.61 Å². The molecule has 0 atom stereocenters. The summed E-state index contributed by atoms with van der Waals surface area (Å²) in [4.78, 5) is 39.2. The summed E-state index contributed by atoms with van der Waals surface area (Å²) in [5.41, 5.74) is 2.78. The predicted molar refractivity (Wildman–Crippen MR) is 156 cm³/mol. The SMILES string of the molecule is CCOC(=O)c1c(-c2ccccc2)oc2c1cc(OC(=O)c1ccc(C(=O)c3ccccc3)cc1)c1ccccc12. The average molecular weight is 541 g/mol. The smallest absolute Gasteiger partial charge is 0.343 e. The van der Waals surface area contributed by atoms with E-state index >= 15 is 0 Å². The fourth-order valence-corrected chi connectivity index (χ4v) is 4.84. The molecule has 0 saturated carbocycles. The second kappa shape index (κ2) is 10.9. The lowest BCUT2D eigenvalue weighted by atomic mass is 10.0. The molecule has 41 heavy (non-hydrogen) atoms. The first-order valence-electron chi connectivity index (χ1n) is 13.2. The summed E-state index contributed by atoms with van der Waals surface area (Å²) in [6.45, 7) is 1.93. The van der Waals surface area contributed by atoms with Gasteiger partial charge in [-0.2, -0.15) is 0 Å². The quantitative estimate of drug-likeness (QED) is 0.116. The van der Waals surface area contributed by atoms with Crippen molar-refractivity contribution in [3.8, 4) is 17.1 Å². The highest BCUT2D eigenvalue weighted by Gasteiger charge is 2.26. The van der Waals surface area contributed by atoms with Crippen LogP contribution in [-0.4, -0.2) is 24.3 Å². The lowest BCUT2D eigenvalue weighted by Gasteiger charge is -2.10. The standard InChI is InChI=1S/C35H24O6/c1-2-39-35(38)30-28-21-29(26-15-9-10-16-27(26)33(28)41-32(30)24-13-7-4-8-14-24)40-34(37)25-19-17-23(18-20-25)31(36)22-11-5-3-6-12-22/h3-21H,2H2,1H3. The van der Waals surface area contributed by atoms with E-state index in [0.29, 0.717) is 38.6 Å². The minimum absolute atomic E-state index is 0.136. The lowest BCUT2D eigenvalue weighted by molar-refractivity contribution is 0.0528. The molecule has 0 fully saturated rings. The van der Waals surface area contributed by atoms with Gasteiger partial charge in [-0.15, -0.1) is 0 Å². The predicted octanol–water partition coefficient (Wildman–Crippen LogP) is 7.88. The maximum absolute atomic E-state index is 13.3. The van der Waals surface area contributed by atoms with E-state index in [9.17, 15) is 14.4 Å². The molecule has 6 rings (SSSR count). The number of benzene rings is 5. The van der Waals surface area contributed by atoms with Crippen LogP contribution in [0.4, 0.5) is 0 Å². The molecule has 6 aromatic rings. The number of furan rings is 1. The van der Waals surface area contributed by atoms with Crippen LogP contribution in [0, 0.1) is 0 Å². The van der Waals surface area contributed by atoms with Crippen LogP contribution >= 0.6 is 0 Å². The number of hydrogen-bond acceptors (Lipinski definition) is 6. The van der Waals surface area contributed by atoms with Crippen molar-refractivity contribution in [2.45, 2.75) is 6.92 Å². The highest BCUT2D eigenvalue weighted by molar-refractivity contribution is 6.17. The fourth-order valence-electron chi connectivity index (χ4n) is 4.84. The molecule has 1 heterocycles. The van der Waals surface area contributed by atoms with Gasteiger partial charge in [0, 0.05) is 32.8 Å². The maximum Gasteiger partial charge on any atom is 0.343 e. The Kier molecular flexibility index (Phi) is 6.88. The molecule has 0 spiro atoms. The molecule has 6 nitrogen and oxygen atoms in total. The number of carbonyl (C=O) groups excluding carboxylic acids is 3. The first-order chi connectivity index (χ1) is 20.0. The van der Waals surface area contributed by atoms with Crippen molar-refractivity contribution < 1.29 is 28.3 Å². The molecule has 6 heteroatoms. The van der Waals surface area contributed by atoms with E-state index in [1.807, 2.05) is 60.7 Å². The normalized spacial score (nSPS) is 11.0. The molecule has 0 saturated heterocycles. The molecule has 0 aliphatic rings. The van der Waals surface area contributed by atoms with Crippen molar-refractivity contribution in [3.63, 3.8) is 0 Å². The van der Waals surface area contributed by atoms with Crippen molar-refractivity contribution in [2.24, 2.45) is 0 Å². The molecule has 0 unspecified atom stereocenters. The van der Waals surface area contributed by atoms with Gasteiger partial charge >= 0.3 is 11.9 Å². The molecule has 0 radical (unpaired) electrons. The third-order valence-electron chi connectivity index (χ3n) is 6.79. The summed E-state index contributed by atoms with van der Waals surface area (Å²) in [5, 5.41) is 1.81. The Morgan fingerprint density at radius 1 is 0.634 bits per heavy atom. The topological polar surface area (TPSA) is 82.8 Å². The molecule has 0 amide bonds. The van der Waals surface area contributed by atoms with Gasteiger partial charge in [0.25, 0.3) is 0 Å². The van der Waals surface area contributed by atoms with Gasteiger partial charge in [-0.1, -0.05) is 97.1 Å². The zero-order chi connectivity index (χ0) is 28.3. The number of ether oxygens (including phenoxy) is 2. The van der Waals surface area contributed by atoms with E-state index in [2.05, 4.69) is 0 Å².